The SMILES string of the molecule is CCOc1cc(/C=C/C(=O)Nc2ccc([N+](=O)[O-])cc2)ccc1OC(F)F. The van der Waals surface area contributed by atoms with E-state index in [0.29, 0.717) is 11.3 Å². The van der Waals surface area contributed by atoms with Crippen molar-refractivity contribution in [1.82, 2.24) is 0 Å². The molecule has 0 heterocycles. The van der Waals surface area contributed by atoms with Gasteiger partial charge in [-0.3, -0.25) is 14.9 Å². The summed E-state index contributed by atoms with van der Waals surface area (Å²) in [6.45, 7) is -1.02. The number of rotatable bonds is 8. The molecule has 0 saturated heterocycles. The van der Waals surface area contributed by atoms with Crippen LogP contribution in [0.25, 0.3) is 6.08 Å². The highest BCUT2D eigenvalue weighted by Gasteiger charge is 2.11. The number of benzene rings is 2. The van der Waals surface area contributed by atoms with Crippen LogP contribution in [0.1, 0.15) is 12.5 Å². The molecule has 0 fully saturated rings. The molecule has 142 valence electrons. The summed E-state index contributed by atoms with van der Waals surface area (Å²) >= 11 is 0. The predicted octanol–water partition coefficient (Wildman–Crippen LogP) is 4.25. The minimum atomic E-state index is -2.97. The number of halogens is 2. The van der Waals surface area contributed by atoms with E-state index < -0.39 is 17.4 Å². The molecule has 27 heavy (non-hydrogen) atoms. The molecule has 2 rings (SSSR count). The standard InChI is InChI=1S/C18H16F2N2O5/c1-2-26-16-11-12(3-9-15(16)27-18(19)20)4-10-17(23)21-13-5-7-14(8-6-13)22(24)25/h3-11,18H,2H2,1H3,(H,21,23)/b10-4+. The van der Waals surface area contributed by atoms with E-state index >= 15 is 0 Å². The third-order valence-corrected chi connectivity index (χ3v) is 3.26. The molecule has 1 N–H and O–H groups in total. The minimum absolute atomic E-state index is 0.0851. The van der Waals surface area contributed by atoms with Crippen LogP contribution < -0.4 is 14.8 Å². The van der Waals surface area contributed by atoms with Gasteiger partial charge in [-0.25, -0.2) is 0 Å². The van der Waals surface area contributed by atoms with Gasteiger partial charge in [0.15, 0.2) is 11.5 Å². The van der Waals surface area contributed by atoms with Crippen molar-refractivity contribution in [2.45, 2.75) is 13.5 Å². The van der Waals surface area contributed by atoms with Crippen LogP contribution in [-0.4, -0.2) is 24.0 Å². The van der Waals surface area contributed by atoms with E-state index in [0.717, 1.165) is 0 Å². The second kappa shape index (κ2) is 9.27. The lowest BCUT2D eigenvalue weighted by atomic mass is 10.2. The van der Waals surface area contributed by atoms with Gasteiger partial charge in [0.25, 0.3) is 5.69 Å². The molecule has 0 bridgehead atoms. The minimum Gasteiger partial charge on any atom is -0.490 e. The first-order chi connectivity index (χ1) is 12.9. The molecule has 0 aliphatic carbocycles. The number of carbonyl (C=O) groups excluding carboxylic acids is 1. The van der Waals surface area contributed by atoms with Gasteiger partial charge in [-0.15, -0.1) is 0 Å². The molecule has 0 spiro atoms. The maximum Gasteiger partial charge on any atom is 0.387 e. The molecule has 0 aromatic heterocycles. The van der Waals surface area contributed by atoms with Gasteiger partial charge in [0.05, 0.1) is 11.5 Å². The summed E-state index contributed by atoms with van der Waals surface area (Å²) in [7, 11) is 0. The molecule has 7 nitrogen and oxygen atoms in total. The van der Waals surface area contributed by atoms with Gasteiger partial charge < -0.3 is 14.8 Å². The number of anilines is 1. The maximum absolute atomic E-state index is 12.4. The normalized spacial score (nSPS) is 10.8. The van der Waals surface area contributed by atoms with Crippen LogP contribution in [0.3, 0.4) is 0 Å². The molecular formula is C18H16F2N2O5. The highest BCUT2D eigenvalue weighted by Crippen LogP contribution is 2.30. The van der Waals surface area contributed by atoms with Gasteiger partial charge in [-0.05, 0) is 42.8 Å². The molecule has 0 atom stereocenters. The Morgan fingerprint density at radius 1 is 1.22 bits per heavy atom. The van der Waals surface area contributed by atoms with Crippen molar-refractivity contribution in [2.75, 3.05) is 11.9 Å². The van der Waals surface area contributed by atoms with Crippen LogP contribution in [-0.2, 0) is 4.79 Å². The van der Waals surface area contributed by atoms with Crippen LogP contribution >= 0.6 is 0 Å². The van der Waals surface area contributed by atoms with Gasteiger partial charge >= 0.3 is 6.61 Å². The Morgan fingerprint density at radius 3 is 2.52 bits per heavy atom. The summed E-state index contributed by atoms with van der Waals surface area (Å²) in [5, 5.41) is 13.1. The maximum atomic E-state index is 12.4. The zero-order chi connectivity index (χ0) is 19.8. The van der Waals surface area contributed by atoms with Crippen molar-refractivity contribution < 1.29 is 28.0 Å². The molecule has 0 unspecified atom stereocenters. The number of alkyl halides is 2. The van der Waals surface area contributed by atoms with Crippen molar-refractivity contribution in [3.05, 3.63) is 64.2 Å². The van der Waals surface area contributed by atoms with E-state index in [1.165, 1.54) is 54.6 Å². The van der Waals surface area contributed by atoms with Crippen LogP contribution in [0.2, 0.25) is 0 Å². The fourth-order valence-electron chi connectivity index (χ4n) is 2.11. The lowest BCUT2D eigenvalue weighted by Gasteiger charge is -2.11. The fraction of sp³-hybridized carbons (Fsp3) is 0.167. The Morgan fingerprint density at radius 2 is 1.93 bits per heavy atom. The molecule has 0 aliphatic rings. The number of amides is 1. The molecule has 0 aliphatic heterocycles. The molecular weight excluding hydrogens is 362 g/mol. The van der Waals surface area contributed by atoms with Gasteiger partial charge in [-0.1, -0.05) is 6.07 Å². The molecule has 0 saturated carbocycles. The number of nitrogens with one attached hydrogen (secondary N) is 1. The number of nitro benzene ring substituents is 1. The van der Waals surface area contributed by atoms with Crippen molar-refractivity contribution in [3.63, 3.8) is 0 Å². The number of nitro groups is 1. The summed E-state index contributed by atoms with van der Waals surface area (Å²) in [5.74, 6) is -0.426. The van der Waals surface area contributed by atoms with Crippen LogP contribution in [0.15, 0.2) is 48.5 Å². The fourth-order valence-corrected chi connectivity index (χ4v) is 2.11. The number of hydrogen-bond acceptors (Lipinski definition) is 5. The quantitative estimate of drug-likeness (QED) is 0.421. The first-order valence-electron chi connectivity index (χ1n) is 7.84. The summed E-state index contributed by atoms with van der Waals surface area (Å²) in [6, 6.07) is 9.66. The van der Waals surface area contributed by atoms with Crippen LogP contribution in [0.5, 0.6) is 11.5 Å². The van der Waals surface area contributed by atoms with Gasteiger partial charge in [0, 0.05) is 23.9 Å². The smallest absolute Gasteiger partial charge is 0.387 e. The molecule has 2 aromatic rings. The van der Waals surface area contributed by atoms with E-state index in [1.54, 1.807) is 6.92 Å². The Labute approximate surface area is 153 Å². The van der Waals surface area contributed by atoms with E-state index in [4.69, 9.17) is 4.74 Å². The Kier molecular flexibility index (Phi) is 6.81. The first-order valence-corrected chi connectivity index (χ1v) is 7.84. The van der Waals surface area contributed by atoms with Gasteiger partial charge in [0.1, 0.15) is 0 Å². The molecule has 0 radical (unpaired) electrons. The summed E-state index contributed by atoms with van der Waals surface area (Å²) < 4.78 is 34.4. The third-order valence-electron chi connectivity index (χ3n) is 3.26. The average Bonchev–Trinajstić information content (AvgIpc) is 2.62. The monoisotopic (exact) mass is 378 g/mol. The van der Waals surface area contributed by atoms with Crippen molar-refractivity contribution in [3.8, 4) is 11.5 Å². The number of carbonyl (C=O) groups is 1. The molecule has 1 amide bonds. The highest BCUT2D eigenvalue weighted by atomic mass is 19.3. The van der Waals surface area contributed by atoms with Crippen LogP contribution in [0.4, 0.5) is 20.2 Å². The topological polar surface area (TPSA) is 90.7 Å². The number of hydrogen-bond donors (Lipinski definition) is 1. The predicted molar refractivity (Wildman–Crippen MR) is 95.0 cm³/mol. The number of nitrogens with zero attached hydrogens (tertiary/aromatic N) is 1. The lowest BCUT2D eigenvalue weighted by molar-refractivity contribution is -0.384. The number of ether oxygens (including phenoxy) is 2. The van der Waals surface area contributed by atoms with Crippen molar-refractivity contribution >= 4 is 23.4 Å². The van der Waals surface area contributed by atoms with Gasteiger partial charge in [-0.2, -0.15) is 8.78 Å². The largest absolute Gasteiger partial charge is 0.490 e. The van der Waals surface area contributed by atoms with Crippen molar-refractivity contribution in [2.24, 2.45) is 0 Å². The highest BCUT2D eigenvalue weighted by molar-refractivity contribution is 6.02. The van der Waals surface area contributed by atoms with E-state index in [-0.39, 0.29) is 23.8 Å². The zero-order valence-electron chi connectivity index (χ0n) is 14.2. The van der Waals surface area contributed by atoms with Crippen molar-refractivity contribution in [1.29, 1.82) is 0 Å². The van der Waals surface area contributed by atoms with Gasteiger partial charge in [0.2, 0.25) is 5.91 Å². The summed E-state index contributed by atoms with van der Waals surface area (Å²) in [5.41, 5.74) is 0.850. The Hall–Kier alpha value is -3.49. The zero-order valence-corrected chi connectivity index (χ0v) is 14.2. The number of non-ortho nitro benzene ring substituents is 1. The first kappa shape index (κ1) is 19.8. The lowest BCUT2D eigenvalue weighted by Crippen LogP contribution is -2.07. The third kappa shape index (κ3) is 6.07. The van der Waals surface area contributed by atoms with E-state index in [1.807, 2.05) is 0 Å². The van der Waals surface area contributed by atoms with E-state index in [2.05, 4.69) is 10.1 Å². The average molecular weight is 378 g/mol. The summed E-state index contributed by atoms with van der Waals surface area (Å²) in [6.07, 6.45) is 2.70. The molecule has 2 aromatic carbocycles. The Bertz CT molecular complexity index is 838. The summed E-state index contributed by atoms with van der Waals surface area (Å²) in [4.78, 5) is 22.0. The second-order valence-electron chi connectivity index (χ2n) is 5.14. The Balaban J connectivity index is 2.06. The molecule has 9 heteroatoms. The van der Waals surface area contributed by atoms with E-state index in [9.17, 15) is 23.7 Å². The van der Waals surface area contributed by atoms with Crippen LogP contribution in [0, 0.1) is 10.1 Å². The second-order valence-corrected chi connectivity index (χ2v) is 5.14.